The van der Waals surface area contributed by atoms with Crippen LogP contribution in [0.4, 0.5) is 5.69 Å². The van der Waals surface area contributed by atoms with E-state index in [1.807, 2.05) is 36.4 Å². The van der Waals surface area contributed by atoms with Gasteiger partial charge in [-0.3, -0.25) is 14.7 Å². The van der Waals surface area contributed by atoms with Crippen molar-refractivity contribution in [1.82, 2.24) is 0 Å². The van der Waals surface area contributed by atoms with Gasteiger partial charge in [0, 0.05) is 12.1 Å². The minimum absolute atomic E-state index is 0.122. The Kier molecular flexibility index (Phi) is 6.68. The van der Waals surface area contributed by atoms with E-state index in [2.05, 4.69) is 2.51 Å². The van der Waals surface area contributed by atoms with Crippen LogP contribution < -0.4 is 0 Å². The fourth-order valence-electron chi connectivity index (χ4n) is 1.43. The third kappa shape index (κ3) is 6.62. The fourth-order valence-corrected chi connectivity index (χ4v) is 1.43. The Hall–Kier alpha value is -1.56. The fraction of sp³-hybridized carbons (Fsp3) is 0. The van der Waals surface area contributed by atoms with Crippen molar-refractivity contribution in [3.8, 4) is 11.1 Å². The van der Waals surface area contributed by atoms with E-state index < -0.39 is 10.4 Å². The molecule has 21 heavy (non-hydrogen) atoms. The second kappa shape index (κ2) is 8.02. The second-order valence-corrected chi connectivity index (χ2v) is 5.72. The molecule has 0 saturated carbocycles. The largest absolute Gasteiger partial charge is 0.406 e. The SMILES string of the molecule is O=S(=O)(O)OI.O=[N+]([O-])c1cccc(-c2ccccc2)c1. The van der Waals surface area contributed by atoms with Crippen LogP contribution in [0.15, 0.2) is 54.6 Å². The summed E-state index contributed by atoms with van der Waals surface area (Å²) in [6.45, 7) is 0. The minimum atomic E-state index is -4.18. The van der Waals surface area contributed by atoms with Gasteiger partial charge < -0.3 is 0 Å². The van der Waals surface area contributed by atoms with Gasteiger partial charge in [0.15, 0.2) is 0 Å². The molecule has 0 fully saturated rings. The van der Waals surface area contributed by atoms with Gasteiger partial charge >= 0.3 is 10.4 Å². The van der Waals surface area contributed by atoms with Crippen molar-refractivity contribution in [1.29, 1.82) is 0 Å². The predicted molar refractivity (Wildman–Crippen MR) is 85.2 cm³/mol. The third-order valence-corrected chi connectivity index (χ3v) is 3.77. The highest BCUT2D eigenvalue weighted by atomic mass is 127. The van der Waals surface area contributed by atoms with Crippen LogP contribution in [0.25, 0.3) is 11.1 Å². The van der Waals surface area contributed by atoms with Gasteiger partial charge in [0.05, 0.1) is 4.92 Å². The smallest absolute Gasteiger partial charge is 0.263 e. The lowest BCUT2D eigenvalue weighted by Gasteiger charge is -2.00. The quantitative estimate of drug-likeness (QED) is 0.351. The maximum atomic E-state index is 10.6. The van der Waals surface area contributed by atoms with E-state index in [0.717, 1.165) is 34.1 Å². The van der Waals surface area contributed by atoms with Gasteiger partial charge in [0.2, 0.25) is 0 Å². The summed E-state index contributed by atoms with van der Waals surface area (Å²) < 4.78 is 29.7. The predicted octanol–water partition coefficient (Wildman–Crippen LogP) is 3.42. The van der Waals surface area contributed by atoms with Gasteiger partial charge in [-0.1, -0.05) is 42.5 Å². The molecule has 0 amide bonds. The molecule has 7 nitrogen and oxygen atoms in total. The number of rotatable bonds is 3. The van der Waals surface area contributed by atoms with Crippen molar-refractivity contribution in [2.45, 2.75) is 0 Å². The molecule has 2 rings (SSSR count). The standard InChI is InChI=1S/C12H9NO2.HIO4S/c14-13(15)12-8-4-7-11(9-12)10-5-2-1-3-6-10;1-5-6(2,3)4/h1-9H;(H,2,3,4). The zero-order chi connectivity index (χ0) is 15.9. The van der Waals surface area contributed by atoms with Crippen molar-refractivity contribution in [2.75, 3.05) is 0 Å². The highest BCUT2D eigenvalue weighted by Crippen LogP contribution is 2.23. The summed E-state index contributed by atoms with van der Waals surface area (Å²) in [5, 5.41) is 10.6. The summed E-state index contributed by atoms with van der Waals surface area (Å²) >= 11 is 1.06. The Bertz CT molecular complexity index is 705. The molecule has 0 radical (unpaired) electrons. The van der Waals surface area contributed by atoms with E-state index in [9.17, 15) is 18.5 Å². The molecule has 0 atom stereocenters. The first-order chi connectivity index (χ1) is 9.83. The molecule has 9 heteroatoms. The maximum Gasteiger partial charge on any atom is 0.406 e. The summed E-state index contributed by atoms with van der Waals surface area (Å²) in [6, 6.07) is 16.2. The molecular formula is C12H10INO6S. The lowest BCUT2D eigenvalue weighted by molar-refractivity contribution is -0.384. The normalized spacial score (nSPS) is 10.4. The number of nitro groups is 1. The summed E-state index contributed by atoms with van der Waals surface area (Å²) in [7, 11) is -4.18. The van der Waals surface area contributed by atoms with Crippen LogP contribution in [0, 0.1) is 10.1 Å². The van der Waals surface area contributed by atoms with E-state index in [1.54, 1.807) is 12.1 Å². The number of benzene rings is 2. The number of hydrogen-bond donors (Lipinski definition) is 1. The average molecular weight is 423 g/mol. The molecule has 0 spiro atoms. The highest BCUT2D eigenvalue weighted by Gasteiger charge is 2.06. The van der Waals surface area contributed by atoms with Gasteiger partial charge in [0.1, 0.15) is 23.0 Å². The van der Waals surface area contributed by atoms with Crippen molar-refractivity contribution in [3.05, 3.63) is 64.7 Å². The zero-order valence-corrected chi connectivity index (χ0v) is 13.4. The van der Waals surface area contributed by atoms with Crippen molar-refractivity contribution in [3.63, 3.8) is 0 Å². The van der Waals surface area contributed by atoms with E-state index >= 15 is 0 Å². The summed E-state index contributed by atoms with van der Waals surface area (Å²) in [6.07, 6.45) is 0. The van der Waals surface area contributed by atoms with Crippen molar-refractivity contribution >= 4 is 39.1 Å². The van der Waals surface area contributed by atoms with Crippen LogP contribution in [0.2, 0.25) is 0 Å². The van der Waals surface area contributed by atoms with E-state index in [1.165, 1.54) is 6.07 Å². The van der Waals surface area contributed by atoms with Gasteiger partial charge in [-0.15, -0.1) is 0 Å². The molecule has 0 bridgehead atoms. The minimum Gasteiger partial charge on any atom is -0.263 e. The first-order valence-corrected chi connectivity index (χ1v) is 7.65. The molecule has 0 unspecified atom stereocenters. The first kappa shape index (κ1) is 17.5. The Labute approximate surface area is 135 Å². The van der Waals surface area contributed by atoms with Crippen LogP contribution in [-0.4, -0.2) is 17.9 Å². The van der Waals surface area contributed by atoms with Crippen LogP contribution in [-0.2, 0) is 12.9 Å². The Morgan fingerprint density at radius 3 is 2.05 bits per heavy atom. The number of nitro benzene ring substituents is 1. The first-order valence-electron chi connectivity index (χ1n) is 5.41. The van der Waals surface area contributed by atoms with Crippen molar-refractivity contribution < 1.29 is 20.4 Å². The molecule has 0 aromatic heterocycles. The monoisotopic (exact) mass is 423 g/mol. The summed E-state index contributed by atoms with van der Waals surface area (Å²) in [5.74, 6) is 0. The Morgan fingerprint density at radius 1 is 1.05 bits per heavy atom. The zero-order valence-electron chi connectivity index (χ0n) is 10.4. The topological polar surface area (TPSA) is 107 Å². The third-order valence-electron chi connectivity index (χ3n) is 2.24. The number of nitrogens with zero attached hydrogens (tertiary/aromatic N) is 1. The highest BCUT2D eigenvalue weighted by molar-refractivity contribution is 14.1. The molecule has 0 aliphatic carbocycles. The molecule has 2 aromatic carbocycles. The number of hydrogen-bond acceptors (Lipinski definition) is 5. The van der Waals surface area contributed by atoms with Gasteiger partial charge in [0.25, 0.3) is 5.69 Å². The molecular weight excluding hydrogens is 413 g/mol. The Balaban J connectivity index is 0.000000315. The lowest BCUT2D eigenvalue weighted by atomic mass is 10.1. The van der Waals surface area contributed by atoms with Gasteiger partial charge in [-0.05, 0) is 11.1 Å². The van der Waals surface area contributed by atoms with Gasteiger partial charge in [-0.2, -0.15) is 10.9 Å². The van der Waals surface area contributed by atoms with E-state index in [0.29, 0.717) is 0 Å². The molecule has 0 heterocycles. The van der Waals surface area contributed by atoms with Crippen LogP contribution in [0.5, 0.6) is 0 Å². The molecule has 112 valence electrons. The molecule has 2 aromatic rings. The van der Waals surface area contributed by atoms with Crippen LogP contribution in [0.3, 0.4) is 0 Å². The molecule has 1 N–H and O–H groups in total. The molecule has 0 aliphatic heterocycles. The van der Waals surface area contributed by atoms with Crippen LogP contribution >= 0.6 is 23.0 Å². The number of non-ortho nitro benzene ring substituents is 1. The maximum absolute atomic E-state index is 10.6. The van der Waals surface area contributed by atoms with E-state index in [-0.39, 0.29) is 10.6 Å². The lowest BCUT2D eigenvalue weighted by Crippen LogP contribution is -1.92. The van der Waals surface area contributed by atoms with Gasteiger partial charge in [-0.25, -0.2) is 0 Å². The molecule has 0 saturated heterocycles. The summed E-state index contributed by atoms with van der Waals surface area (Å²) in [5.41, 5.74) is 1.97. The van der Waals surface area contributed by atoms with Crippen molar-refractivity contribution in [2.24, 2.45) is 0 Å². The molecule has 0 aliphatic rings. The summed E-state index contributed by atoms with van der Waals surface area (Å²) in [4.78, 5) is 10.2. The number of halogens is 1. The Morgan fingerprint density at radius 2 is 1.57 bits per heavy atom. The second-order valence-electron chi connectivity index (χ2n) is 3.66. The average Bonchev–Trinajstić information content (AvgIpc) is 2.48. The van der Waals surface area contributed by atoms with E-state index in [4.69, 9.17) is 4.55 Å². The van der Waals surface area contributed by atoms with Crippen LogP contribution in [0.1, 0.15) is 0 Å².